The molecule has 0 aliphatic heterocycles. The Morgan fingerprint density at radius 1 is 0.875 bits per heavy atom. The molecule has 1 heterocycles. The number of benzene rings is 2. The van der Waals surface area contributed by atoms with Crippen molar-refractivity contribution in [2.45, 2.75) is 32.6 Å². The van der Waals surface area contributed by atoms with Gasteiger partial charge in [-0.25, -0.2) is 0 Å². The third-order valence-electron chi connectivity index (χ3n) is 4.15. The van der Waals surface area contributed by atoms with E-state index in [-0.39, 0.29) is 20.1 Å². The normalized spacial score (nSPS) is 12.2. The number of aryl methyl sites for hydroxylation is 3. The monoisotopic (exact) mass is 493 g/mol. The fourth-order valence-electron chi connectivity index (χ4n) is 2.94. The first-order valence-electron chi connectivity index (χ1n) is 8.29. The maximum Gasteiger partial charge on any atom is 0.0160 e. The van der Waals surface area contributed by atoms with Crippen LogP contribution in [0.3, 0.4) is 0 Å². The number of pyridine rings is 1. The summed E-state index contributed by atoms with van der Waals surface area (Å²) in [5, 5.41) is 0. The fourth-order valence-corrected chi connectivity index (χ4v) is 2.94. The van der Waals surface area contributed by atoms with Crippen LogP contribution in [-0.4, -0.2) is 4.98 Å². The molecule has 0 amide bonds. The van der Waals surface area contributed by atoms with Crippen LogP contribution in [-0.2, 0) is 32.9 Å². The quantitative estimate of drug-likeness (QED) is 0.414. The summed E-state index contributed by atoms with van der Waals surface area (Å²) < 4.78 is 0. The SMILES string of the molecule is Cc1ccc2c(c1)CCCC2.[Ir].[c-]1ccccc1-c1ccccn1. The van der Waals surface area contributed by atoms with Crippen molar-refractivity contribution in [3.8, 4) is 11.3 Å². The summed E-state index contributed by atoms with van der Waals surface area (Å²) in [6, 6.07) is 23.7. The van der Waals surface area contributed by atoms with Crippen LogP contribution < -0.4 is 0 Å². The number of hydrogen-bond acceptors (Lipinski definition) is 1. The van der Waals surface area contributed by atoms with Gasteiger partial charge in [0.1, 0.15) is 0 Å². The smallest absolute Gasteiger partial charge is 0.0160 e. The maximum absolute atomic E-state index is 4.22. The molecule has 0 saturated heterocycles. The molecule has 1 aromatic heterocycles. The molecule has 0 fully saturated rings. The molecule has 0 saturated carbocycles. The third-order valence-corrected chi connectivity index (χ3v) is 4.15. The van der Waals surface area contributed by atoms with Gasteiger partial charge in [-0.2, -0.15) is 0 Å². The minimum atomic E-state index is 0. The van der Waals surface area contributed by atoms with E-state index in [0.29, 0.717) is 0 Å². The summed E-state index contributed by atoms with van der Waals surface area (Å²) in [6.45, 7) is 2.18. The van der Waals surface area contributed by atoms with E-state index < -0.39 is 0 Å². The zero-order valence-corrected chi connectivity index (χ0v) is 16.4. The van der Waals surface area contributed by atoms with Crippen molar-refractivity contribution in [3.63, 3.8) is 0 Å². The molecule has 0 unspecified atom stereocenters. The summed E-state index contributed by atoms with van der Waals surface area (Å²) in [4.78, 5) is 4.22. The van der Waals surface area contributed by atoms with Crippen molar-refractivity contribution < 1.29 is 20.1 Å². The van der Waals surface area contributed by atoms with Crippen molar-refractivity contribution in [1.82, 2.24) is 4.98 Å². The summed E-state index contributed by atoms with van der Waals surface area (Å²) in [7, 11) is 0. The second-order valence-electron chi connectivity index (χ2n) is 5.97. The van der Waals surface area contributed by atoms with Crippen molar-refractivity contribution in [2.75, 3.05) is 0 Å². The Balaban J connectivity index is 0.000000167. The standard InChI is InChI=1S/C11H8N.C11H14.Ir/c1-2-6-10(7-3-1)11-8-4-5-9-12-11;1-9-6-7-10-4-2-3-5-11(10)8-9;/h1-6,8-9H;6-8H,2-5H2,1H3;/q-1;;. The molecule has 1 radical (unpaired) electrons. The molecular formula is C22H22IrN-. The van der Waals surface area contributed by atoms with E-state index >= 15 is 0 Å². The average Bonchev–Trinajstić information content (AvgIpc) is 2.64. The van der Waals surface area contributed by atoms with Gasteiger partial charge in [0.15, 0.2) is 0 Å². The van der Waals surface area contributed by atoms with Crippen molar-refractivity contribution in [2.24, 2.45) is 0 Å². The molecule has 3 aromatic rings. The second kappa shape index (κ2) is 9.51. The van der Waals surface area contributed by atoms with Crippen LogP contribution >= 0.6 is 0 Å². The van der Waals surface area contributed by atoms with E-state index in [1.807, 2.05) is 42.5 Å². The van der Waals surface area contributed by atoms with Crippen LogP contribution in [0, 0.1) is 13.0 Å². The Labute approximate surface area is 158 Å². The number of rotatable bonds is 1. The molecule has 1 nitrogen and oxygen atoms in total. The van der Waals surface area contributed by atoms with Crippen LogP contribution in [0.15, 0.2) is 66.9 Å². The summed E-state index contributed by atoms with van der Waals surface area (Å²) in [5.41, 5.74) is 6.60. The molecule has 1 aliphatic carbocycles. The Bertz CT molecular complexity index is 701. The molecule has 125 valence electrons. The van der Waals surface area contributed by atoms with Gasteiger partial charge in [0.25, 0.3) is 0 Å². The molecule has 24 heavy (non-hydrogen) atoms. The third kappa shape index (κ3) is 5.12. The topological polar surface area (TPSA) is 12.9 Å². The predicted octanol–water partition coefficient (Wildman–Crippen LogP) is 5.42. The molecule has 2 heteroatoms. The number of hydrogen-bond donors (Lipinski definition) is 0. The van der Waals surface area contributed by atoms with E-state index in [9.17, 15) is 0 Å². The van der Waals surface area contributed by atoms with Crippen LogP contribution in [0.1, 0.15) is 29.5 Å². The van der Waals surface area contributed by atoms with Crippen molar-refractivity contribution in [1.29, 1.82) is 0 Å². The van der Waals surface area contributed by atoms with E-state index in [1.165, 1.54) is 31.2 Å². The van der Waals surface area contributed by atoms with Crippen LogP contribution in [0.4, 0.5) is 0 Å². The van der Waals surface area contributed by atoms with Crippen LogP contribution in [0.25, 0.3) is 11.3 Å². The largest absolute Gasteiger partial charge is 0.305 e. The van der Waals surface area contributed by atoms with Gasteiger partial charge in [-0.05, 0) is 55.5 Å². The number of fused-ring (bicyclic) bond motifs is 1. The summed E-state index contributed by atoms with van der Waals surface area (Å²) in [5.74, 6) is 0. The molecule has 0 spiro atoms. The second-order valence-corrected chi connectivity index (χ2v) is 5.97. The van der Waals surface area contributed by atoms with Gasteiger partial charge in [-0.15, -0.1) is 35.9 Å². The predicted molar refractivity (Wildman–Crippen MR) is 96.3 cm³/mol. The van der Waals surface area contributed by atoms with Gasteiger partial charge in [0.2, 0.25) is 0 Å². The Hall–Kier alpha value is -1.76. The Morgan fingerprint density at radius 2 is 1.67 bits per heavy atom. The van der Waals surface area contributed by atoms with Gasteiger partial charge in [0, 0.05) is 26.3 Å². The molecular weight excluding hydrogens is 470 g/mol. The van der Waals surface area contributed by atoms with E-state index in [1.54, 1.807) is 17.3 Å². The maximum atomic E-state index is 4.22. The zero-order chi connectivity index (χ0) is 15.9. The molecule has 0 N–H and O–H groups in total. The van der Waals surface area contributed by atoms with Gasteiger partial charge >= 0.3 is 0 Å². The minimum Gasteiger partial charge on any atom is -0.305 e. The fraction of sp³-hybridized carbons (Fsp3) is 0.227. The Kier molecular flexibility index (Phi) is 7.36. The minimum absolute atomic E-state index is 0. The first-order valence-corrected chi connectivity index (χ1v) is 8.29. The van der Waals surface area contributed by atoms with E-state index in [4.69, 9.17) is 0 Å². The number of nitrogens with zero attached hydrogens (tertiary/aromatic N) is 1. The van der Waals surface area contributed by atoms with Crippen molar-refractivity contribution in [3.05, 3.63) is 89.6 Å². The molecule has 0 bridgehead atoms. The van der Waals surface area contributed by atoms with Gasteiger partial charge < -0.3 is 4.98 Å². The first-order chi connectivity index (χ1) is 11.3. The molecule has 1 aliphatic rings. The summed E-state index contributed by atoms with van der Waals surface area (Å²) >= 11 is 0. The summed E-state index contributed by atoms with van der Waals surface area (Å²) in [6.07, 6.45) is 7.16. The van der Waals surface area contributed by atoms with Gasteiger partial charge in [0.05, 0.1) is 0 Å². The van der Waals surface area contributed by atoms with E-state index in [2.05, 4.69) is 36.2 Å². The van der Waals surface area contributed by atoms with Crippen LogP contribution in [0.2, 0.25) is 0 Å². The Morgan fingerprint density at radius 3 is 2.38 bits per heavy atom. The number of aromatic nitrogens is 1. The van der Waals surface area contributed by atoms with Crippen LogP contribution in [0.5, 0.6) is 0 Å². The van der Waals surface area contributed by atoms with Gasteiger partial charge in [-0.1, -0.05) is 35.9 Å². The zero-order valence-electron chi connectivity index (χ0n) is 14.0. The first kappa shape index (κ1) is 18.6. The van der Waals surface area contributed by atoms with E-state index in [0.717, 1.165) is 11.3 Å². The molecule has 4 rings (SSSR count). The van der Waals surface area contributed by atoms with Gasteiger partial charge in [-0.3, -0.25) is 0 Å². The molecule has 2 aromatic carbocycles. The van der Waals surface area contributed by atoms with Crippen molar-refractivity contribution >= 4 is 0 Å². The molecule has 0 atom stereocenters. The average molecular weight is 493 g/mol.